The Morgan fingerprint density at radius 2 is 2.10 bits per heavy atom. The summed E-state index contributed by atoms with van der Waals surface area (Å²) in [5.41, 5.74) is 6.67. The molecule has 0 aliphatic rings. The Hall–Kier alpha value is -2.27. The molecule has 0 spiro atoms. The monoisotopic (exact) mass is 308 g/mol. The van der Waals surface area contributed by atoms with E-state index in [1.54, 1.807) is 30.3 Å². The number of primary amides is 1. The third-order valence-electron chi connectivity index (χ3n) is 2.70. The highest BCUT2D eigenvalue weighted by molar-refractivity contribution is 6.30. The molecule has 21 heavy (non-hydrogen) atoms. The van der Waals surface area contributed by atoms with Crippen molar-refractivity contribution in [3.63, 3.8) is 0 Å². The lowest BCUT2D eigenvalue weighted by Gasteiger charge is -2.09. The zero-order valence-corrected chi connectivity index (χ0v) is 11.9. The van der Waals surface area contributed by atoms with Crippen LogP contribution in [0.5, 0.6) is 5.75 Å². The first-order valence-electron chi connectivity index (χ1n) is 6.23. The highest BCUT2D eigenvalue weighted by Gasteiger charge is 2.02. The Kier molecular flexibility index (Phi) is 5.00. The number of rotatable bonds is 6. The van der Waals surface area contributed by atoms with E-state index in [0.717, 1.165) is 11.3 Å². The Balaban J connectivity index is 1.97. The zero-order valence-electron chi connectivity index (χ0n) is 11.1. The van der Waals surface area contributed by atoms with Crippen molar-refractivity contribution in [1.82, 2.24) is 0 Å². The van der Waals surface area contributed by atoms with Crippen LogP contribution in [-0.4, -0.2) is 12.5 Å². The number of amides is 1. The minimum absolute atomic E-state index is 0.0906. The summed E-state index contributed by atoms with van der Waals surface area (Å²) < 4.78 is 18.3. The standard InChI is InChI=1S/C15H14ClFN2O2/c16-13-6-10(4-5-14(13)17)8-19-11-2-1-3-12(7-11)21-9-15(18)20/h1-7,19H,8-9H2,(H2,18,20). The van der Waals surface area contributed by atoms with Crippen LogP contribution in [0, 0.1) is 5.82 Å². The molecule has 0 saturated heterocycles. The fourth-order valence-electron chi connectivity index (χ4n) is 1.70. The summed E-state index contributed by atoms with van der Waals surface area (Å²) in [6, 6.07) is 11.7. The topological polar surface area (TPSA) is 64.4 Å². The third-order valence-corrected chi connectivity index (χ3v) is 2.99. The second-order valence-electron chi connectivity index (χ2n) is 4.38. The predicted molar refractivity (Wildman–Crippen MR) is 79.9 cm³/mol. The summed E-state index contributed by atoms with van der Waals surface area (Å²) in [6.07, 6.45) is 0. The summed E-state index contributed by atoms with van der Waals surface area (Å²) in [6.45, 7) is 0.316. The summed E-state index contributed by atoms with van der Waals surface area (Å²) in [4.78, 5) is 10.7. The van der Waals surface area contributed by atoms with E-state index in [-0.39, 0.29) is 11.6 Å². The molecule has 0 aliphatic carbocycles. The lowest BCUT2D eigenvalue weighted by molar-refractivity contribution is -0.119. The molecule has 110 valence electrons. The van der Waals surface area contributed by atoms with Crippen molar-refractivity contribution >= 4 is 23.2 Å². The Bertz CT molecular complexity index is 649. The van der Waals surface area contributed by atoms with Crippen molar-refractivity contribution in [2.45, 2.75) is 6.54 Å². The third kappa shape index (κ3) is 4.65. The summed E-state index contributed by atoms with van der Waals surface area (Å²) in [5.74, 6) is -0.437. The molecule has 0 atom stereocenters. The van der Waals surface area contributed by atoms with Crippen LogP contribution in [0.4, 0.5) is 10.1 Å². The van der Waals surface area contributed by atoms with Gasteiger partial charge >= 0.3 is 0 Å². The Labute approximate surface area is 126 Å². The Morgan fingerprint density at radius 1 is 1.29 bits per heavy atom. The molecule has 0 heterocycles. The highest BCUT2D eigenvalue weighted by atomic mass is 35.5. The molecule has 2 rings (SSSR count). The van der Waals surface area contributed by atoms with E-state index < -0.39 is 11.7 Å². The summed E-state index contributed by atoms with van der Waals surface area (Å²) in [5, 5.41) is 3.25. The van der Waals surface area contributed by atoms with Crippen LogP contribution in [0.15, 0.2) is 42.5 Å². The lowest BCUT2D eigenvalue weighted by atomic mass is 10.2. The first kappa shape index (κ1) is 15.1. The van der Waals surface area contributed by atoms with Crippen LogP contribution in [-0.2, 0) is 11.3 Å². The molecule has 0 unspecified atom stereocenters. The summed E-state index contributed by atoms with van der Waals surface area (Å²) in [7, 11) is 0. The van der Waals surface area contributed by atoms with Crippen LogP contribution >= 0.6 is 11.6 Å². The number of benzene rings is 2. The summed E-state index contributed by atoms with van der Waals surface area (Å²) >= 11 is 5.73. The molecule has 0 bridgehead atoms. The SMILES string of the molecule is NC(=O)COc1cccc(NCc2ccc(F)c(Cl)c2)c1. The highest BCUT2D eigenvalue weighted by Crippen LogP contribution is 2.20. The van der Waals surface area contributed by atoms with Gasteiger partial charge in [-0.1, -0.05) is 23.7 Å². The maximum atomic E-state index is 13.1. The number of nitrogens with two attached hydrogens (primary N) is 1. The normalized spacial score (nSPS) is 10.2. The van der Waals surface area contributed by atoms with E-state index in [9.17, 15) is 9.18 Å². The molecule has 0 radical (unpaired) electrons. The maximum Gasteiger partial charge on any atom is 0.255 e. The van der Waals surface area contributed by atoms with Gasteiger partial charge in [-0.05, 0) is 29.8 Å². The van der Waals surface area contributed by atoms with Gasteiger partial charge in [0.15, 0.2) is 6.61 Å². The maximum absolute atomic E-state index is 13.1. The van der Waals surface area contributed by atoms with Gasteiger partial charge in [-0.3, -0.25) is 4.79 Å². The number of carbonyl (C=O) groups excluding carboxylic acids is 1. The van der Waals surface area contributed by atoms with Crippen LogP contribution in [0.25, 0.3) is 0 Å². The van der Waals surface area contributed by atoms with Crippen molar-refractivity contribution in [2.24, 2.45) is 5.73 Å². The fraction of sp³-hybridized carbons (Fsp3) is 0.133. The quantitative estimate of drug-likeness (QED) is 0.862. The van der Waals surface area contributed by atoms with E-state index >= 15 is 0 Å². The molecule has 0 fully saturated rings. The number of hydrogen-bond acceptors (Lipinski definition) is 3. The van der Waals surface area contributed by atoms with Gasteiger partial charge in [-0.15, -0.1) is 0 Å². The van der Waals surface area contributed by atoms with Gasteiger partial charge in [0.1, 0.15) is 11.6 Å². The fourth-order valence-corrected chi connectivity index (χ4v) is 1.91. The largest absolute Gasteiger partial charge is 0.484 e. The van der Waals surface area contributed by atoms with Gasteiger partial charge < -0.3 is 15.8 Å². The van der Waals surface area contributed by atoms with Gasteiger partial charge in [0.25, 0.3) is 5.91 Å². The van der Waals surface area contributed by atoms with Gasteiger partial charge in [0, 0.05) is 18.3 Å². The Morgan fingerprint density at radius 3 is 2.81 bits per heavy atom. The molecule has 2 aromatic rings. The average Bonchev–Trinajstić information content (AvgIpc) is 2.47. The second-order valence-corrected chi connectivity index (χ2v) is 4.79. The smallest absolute Gasteiger partial charge is 0.255 e. The molecular formula is C15H14ClFN2O2. The van der Waals surface area contributed by atoms with Crippen LogP contribution in [0.1, 0.15) is 5.56 Å². The van der Waals surface area contributed by atoms with Crippen LogP contribution in [0.2, 0.25) is 5.02 Å². The second kappa shape index (κ2) is 6.95. The van der Waals surface area contributed by atoms with Crippen molar-refractivity contribution in [2.75, 3.05) is 11.9 Å². The molecule has 2 aromatic carbocycles. The van der Waals surface area contributed by atoms with Crippen LogP contribution < -0.4 is 15.8 Å². The molecule has 4 nitrogen and oxygen atoms in total. The molecule has 0 saturated carbocycles. The van der Waals surface area contributed by atoms with Crippen molar-refractivity contribution in [1.29, 1.82) is 0 Å². The van der Waals surface area contributed by atoms with Gasteiger partial charge in [-0.25, -0.2) is 4.39 Å². The zero-order chi connectivity index (χ0) is 15.2. The van der Waals surface area contributed by atoms with Gasteiger partial charge in [-0.2, -0.15) is 0 Å². The van der Waals surface area contributed by atoms with Crippen molar-refractivity contribution in [3.05, 3.63) is 58.9 Å². The molecule has 6 heteroatoms. The van der Waals surface area contributed by atoms with Crippen molar-refractivity contribution in [3.8, 4) is 5.75 Å². The van der Waals surface area contributed by atoms with Crippen LogP contribution in [0.3, 0.4) is 0 Å². The number of nitrogens with one attached hydrogen (secondary N) is 1. The lowest BCUT2D eigenvalue weighted by Crippen LogP contribution is -2.20. The molecule has 3 N–H and O–H groups in total. The predicted octanol–water partition coefficient (Wildman–Crippen LogP) is 2.96. The van der Waals surface area contributed by atoms with Gasteiger partial charge in [0.2, 0.25) is 0 Å². The van der Waals surface area contributed by atoms with Gasteiger partial charge in [0.05, 0.1) is 5.02 Å². The molecule has 0 aliphatic heterocycles. The van der Waals surface area contributed by atoms with E-state index in [4.69, 9.17) is 22.1 Å². The molecule has 1 amide bonds. The first-order valence-corrected chi connectivity index (χ1v) is 6.61. The number of halogens is 2. The number of ether oxygens (including phenoxy) is 1. The molecular weight excluding hydrogens is 295 g/mol. The van der Waals surface area contributed by atoms with E-state index in [0.29, 0.717) is 12.3 Å². The van der Waals surface area contributed by atoms with E-state index in [2.05, 4.69) is 5.32 Å². The number of anilines is 1. The van der Waals surface area contributed by atoms with Crippen molar-refractivity contribution < 1.29 is 13.9 Å². The molecule has 0 aromatic heterocycles. The first-order chi connectivity index (χ1) is 10.0. The minimum Gasteiger partial charge on any atom is -0.484 e. The van der Waals surface area contributed by atoms with E-state index in [1.807, 2.05) is 6.07 Å². The van der Waals surface area contributed by atoms with E-state index in [1.165, 1.54) is 6.07 Å². The minimum atomic E-state index is -0.533. The average molecular weight is 309 g/mol. The number of carbonyl (C=O) groups is 1. The number of hydrogen-bond donors (Lipinski definition) is 2.